The smallest absolute Gasteiger partial charge is 0.421 e. The predicted molar refractivity (Wildman–Crippen MR) is 129 cm³/mol. The summed E-state index contributed by atoms with van der Waals surface area (Å²) in [4.78, 5) is 23.5. The molecule has 4 heterocycles. The quantitative estimate of drug-likeness (QED) is 0.491. The Balaban J connectivity index is 1.45. The Labute approximate surface area is 207 Å². The van der Waals surface area contributed by atoms with E-state index in [9.17, 15) is 18.0 Å². The normalized spacial score (nSPS) is 17.7. The van der Waals surface area contributed by atoms with E-state index in [-0.39, 0.29) is 24.4 Å². The molecule has 196 valence electrons. The van der Waals surface area contributed by atoms with E-state index in [4.69, 9.17) is 4.74 Å². The van der Waals surface area contributed by atoms with E-state index in [0.717, 1.165) is 38.5 Å². The van der Waals surface area contributed by atoms with Crippen molar-refractivity contribution in [3.05, 3.63) is 30.2 Å². The maximum absolute atomic E-state index is 13.6. The number of hydrogen-bond acceptors (Lipinski definition) is 8. The molecule has 0 bridgehead atoms. The minimum absolute atomic E-state index is 0.0103. The molecule has 2 fully saturated rings. The Morgan fingerprint density at radius 2 is 2.06 bits per heavy atom. The molecule has 0 aliphatic carbocycles. The van der Waals surface area contributed by atoms with E-state index in [1.165, 1.54) is 0 Å². The van der Waals surface area contributed by atoms with Crippen LogP contribution in [0.25, 0.3) is 6.08 Å². The standard InChI is InChI=1S/C23H31F3N8O2/c1-3-18-19(15-34(31-18)16-6-11-32(2)12-7-16)29-21-28-14-17(23(24,25)26)20(30-21)27-8-4-9-33-10-5-13-36-22(33)35/h3,14-16H,1,4-13H2,2H3,(H2,27,28,29,30). The number of nitrogens with zero attached hydrogens (tertiary/aromatic N) is 6. The SMILES string of the molecule is C=Cc1nn(C2CCN(C)CC2)cc1Nc1ncc(C(F)(F)F)c(NCCCN2CCCOC2=O)n1. The molecule has 0 radical (unpaired) electrons. The number of anilines is 3. The monoisotopic (exact) mass is 508 g/mol. The molecule has 2 saturated heterocycles. The molecule has 13 heteroatoms. The number of aromatic nitrogens is 4. The molecule has 0 aromatic carbocycles. The van der Waals surface area contributed by atoms with Crippen molar-refractivity contribution in [3.8, 4) is 0 Å². The van der Waals surface area contributed by atoms with Gasteiger partial charge in [0.2, 0.25) is 5.95 Å². The molecular formula is C23H31F3N8O2. The number of piperidine rings is 1. The fourth-order valence-corrected chi connectivity index (χ4v) is 4.28. The summed E-state index contributed by atoms with van der Waals surface area (Å²) in [5.41, 5.74) is 0.176. The Kier molecular flexibility index (Phi) is 7.97. The molecule has 2 aliphatic heterocycles. The lowest BCUT2D eigenvalue weighted by Crippen LogP contribution is -2.38. The number of amides is 1. The van der Waals surface area contributed by atoms with Crippen LogP contribution in [0.3, 0.4) is 0 Å². The molecule has 0 spiro atoms. The van der Waals surface area contributed by atoms with Crippen LogP contribution in [-0.2, 0) is 10.9 Å². The molecule has 10 nitrogen and oxygen atoms in total. The van der Waals surface area contributed by atoms with Crippen molar-refractivity contribution >= 4 is 29.6 Å². The van der Waals surface area contributed by atoms with Gasteiger partial charge in [0.1, 0.15) is 17.1 Å². The van der Waals surface area contributed by atoms with Gasteiger partial charge in [0, 0.05) is 32.0 Å². The maximum atomic E-state index is 13.6. The summed E-state index contributed by atoms with van der Waals surface area (Å²) < 4.78 is 47.6. The Hall–Kier alpha value is -3.35. The molecule has 0 atom stereocenters. The van der Waals surface area contributed by atoms with Gasteiger partial charge in [-0.05, 0) is 51.9 Å². The van der Waals surface area contributed by atoms with Crippen LogP contribution >= 0.6 is 0 Å². The maximum Gasteiger partial charge on any atom is 0.421 e. The van der Waals surface area contributed by atoms with Crippen molar-refractivity contribution in [1.29, 1.82) is 0 Å². The van der Waals surface area contributed by atoms with Crippen molar-refractivity contribution in [2.45, 2.75) is 37.9 Å². The summed E-state index contributed by atoms with van der Waals surface area (Å²) in [6.45, 7) is 7.26. The van der Waals surface area contributed by atoms with E-state index in [2.05, 4.69) is 44.2 Å². The van der Waals surface area contributed by atoms with Gasteiger partial charge in [0.05, 0.1) is 18.3 Å². The highest BCUT2D eigenvalue weighted by atomic mass is 19.4. The van der Waals surface area contributed by atoms with Crippen molar-refractivity contribution in [3.63, 3.8) is 0 Å². The van der Waals surface area contributed by atoms with Gasteiger partial charge < -0.3 is 25.2 Å². The first kappa shape index (κ1) is 25.7. The first-order valence-electron chi connectivity index (χ1n) is 12.0. The van der Waals surface area contributed by atoms with Crippen molar-refractivity contribution in [1.82, 2.24) is 29.5 Å². The summed E-state index contributed by atoms with van der Waals surface area (Å²) in [7, 11) is 2.08. The van der Waals surface area contributed by atoms with Crippen LogP contribution in [0.2, 0.25) is 0 Å². The number of cyclic esters (lactones) is 1. The highest BCUT2D eigenvalue weighted by Gasteiger charge is 2.35. The Morgan fingerprint density at radius 3 is 2.75 bits per heavy atom. The van der Waals surface area contributed by atoms with Crippen LogP contribution in [0.5, 0.6) is 0 Å². The van der Waals surface area contributed by atoms with Crippen molar-refractivity contribution < 1.29 is 22.7 Å². The molecule has 2 aromatic rings. The van der Waals surface area contributed by atoms with Gasteiger partial charge in [-0.1, -0.05) is 6.58 Å². The molecule has 0 unspecified atom stereocenters. The Morgan fingerprint density at radius 1 is 1.28 bits per heavy atom. The van der Waals surface area contributed by atoms with Gasteiger partial charge in [-0.3, -0.25) is 4.68 Å². The lowest BCUT2D eigenvalue weighted by Gasteiger charge is -2.28. The molecule has 2 N–H and O–H groups in total. The molecule has 2 aromatic heterocycles. The highest BCUT2D eigenvalue weighted by Crippen LogP contribution is 2.34. The molecular weight excluding hydrogens is 477 g/mol. The number of halogens is 3. The second kappa shape index (κ2) is 11.1. The number of likely N-dealkylation sites (tertiary alicyclic amines) is 1. The molecule has 4 rings (SSSR count). The van der Waals surface area contributed by atoms with Crippen LogP contribution in [0.15, 0.2) is 19.0 Å². The summed E-state index contributed by atoms with van der Waals surface area (Å²) in [5, 5.41) is 10.3. The summed E-state index contributed by atoms with van der Waals surface area (Å²) in [6.07, 6.45) is 2.22. The van der Waals surface area contributed by atoms with Crippen LogP contribution in [0, 0.1) is 0 Å². The van der Waals surface area contributed by atoms with E-state index in [1.54, 1.807) is 11.0 Å². The number of carbonyl (C=O) groups excluding carboxylic acids is 1. The van der Waals surface area contributed by atoms with Gasteiger partial charge in [0.25, 0.3) is 0 Å². The first-order valence-corrected chi connectivity index (χ1v) is 12.0. The van der Waals surface area contributed by atoms with Crippen molar-refractivity contribution in [2.75, 3.05) is 57.0 Å². The zero-order valence-corrected chi connectivity index (χ0v) is 20.2. The average Bonchev–Trinajstić information content (AvgIpc) is 3.25. The molecule has 36 heavy (non-hydrogen) atoms. The summed E-state index contributed by atoms with van der Waals surface area (Å²) in [6, 6.07) is 0.235. The molecule has 2 aliphatic rings. The van der Waals surface area contributed by atoms with E-state index < -0.39 is 17.8 Å². The number of ether oxygens (including phenoxy) is 1. The number of alkyl halides is 3. The number of carbonyl (C=O) groups is 1. The number of hydrogen-bond donors (Lipinski definition) is 2. The van der Waals surface area contributed by atoms with Crippen LogP contribution in [0.4, 0.5) is 35.4 Å². The highest BCUT2D eigenvalue weighted by molar-refractivity contribution is 5.68. The molecule has 1 amide bonds. The van der Waals surface area contributed by atoms with Gasteiger partial charge in [0.15, 0.2) is 0 Å². The second-order valence-corrected chi connectivity index (χ2v) is 8.96. The fourth-order valence-electron chi connectivity index (χ4n) is 4.28. The number of nitrogens with one attached hydrogen (secondary N) is 2. The lowest BCUT2D eigenvalue weighted by atomic mass is 10.1. The first-order chi connectivity index (χ1) is 17.2. The van der Waals surface area contributed by atoms with Gasteiger partial charge >= 0.3 is 12.3 Å². The van der Waals surface area contributed by atoms with Crippen molar-refractivity contribution in [2.24, 2.45) is 0 Å². The van der Waals surface area contributed by atoms with E-state index in [1.807, 2.05) is 10.9 Å². The topological polar surface area (TPSA) is 100 Å². The minimum Gasteiger partial charge on any atom is -0.449 e. The van der Waals surface area contributed by atoms with E-state index in [0.29, 0.717) is 37.5 Å². The zero-order valence-electron chi connectivity index (χ0n) is 20.2. The van der Waals surface area contributed by atoms with Gasteiger partial charge in [-0.25, -0.2) is 9.78 Å². The third kappa shape index (κ3) is 6.25. The van der Waals surface area contributed by atoms with Gasteiger partial charge in [-0.15, -0.1) is 0 Å². The van der Waals surface area contributed by atoms with Crippen LogP contribution < -0.4 is 10.6 Å². The predicted octanol–water partition coefficient (Wildman–Crippen LogP) is 3.99. The van der Waals surface area contributed by atoms with Crippen LogP contribution in [-0.4, -0.2) is 82.0 Å². The third-order valence-electron chi connectivity index (χ3n) is 6.31. The van der Waals surface area contributed by atoms with Gasteiger partial charge in [-0.2, -0.15) is 23.3 Å². The van der Waals surface area contributed by atoms with E-state index >= 15 is 0 Å². The zero-order chi connectivity index (χ0) is 25.7. The molecule has 0 saturated carbocycles. The second-order valence-electron chi connectivity index (χ2n) is 8.96. The summed E-state index contributed by atoms with van der Waals surface area (Å²) in [5.74, 6) is -0.319. The largest absolute Gasteiger partial charge is 0.449 e. The third-order valence-corrected chi connectivity index (χ3v) is 6.31. The lowest BCUT2D eigenvalue weighted by molar-refractivity contribution is -0.137. The number of rotatable bonds is 9. The van der Waals surface area contributed by atoms with Crippen LogP contribution in [0.1, 0.15) is 43.0 Å². The fraction of sp³-hybridized carbons (Fsp3) is 0.565. The average molecular weight is 509 g/mol. The summed E-state index contributed by atoms with van der Waals surface area (Å²) >= 11 is 0. The minimum atomic E-state index is -4.62. The Bertz CT molecular complexity index is 1070.